The van der Waals surface area contributed by atoms with E-state index in [1.807, 2.05) is 0 Å². The van der Waals surface area contributed by atoms with Gasteiger partial charge in [-0.2, -0.15) is 0 Å². The average Bonchev–Trinajstić information content (AvgIpc) is 2.94. The van der Waals surface area contributed by atoms with E-state index in [9.17, 15) is 13.2 Å². The zero-order valence-electron chi connectivity index (χ0n) is 13.4. The Kier molecular flexibility index (Phi) is 5.15. The Morgan fingerprint density at radius 3 is 3.00 bits per heavy atom. The van der Waals surface area contributed by atoms with Crippen molar-refractivity contribution in [3.63, 3.8) is 0 Å². The fourth-order valence-corrected chi connectivity index (χ4v) is 4.01. The number of halogens is 3. The predicted octanol–water partition coefficient (Wildman–Crippen LogP) is 4.16. The highest BCUT2D eigenvalue weighted by molar-refractivity contribution is 7.22. The Labute approximate surface area is 142 Å². The van der Waals surface area contributed by atoms with Gasteiger partial charge in [0, 0.05) is 31.7 Å². The Bertz CT molecular complexity index is 689. The van der Waals surface area contributed by atoms with Crippen molar-refractivity contribution in [1.29, 1.82) is 0 Å². The molecule has 1 aliphatic rings. The zero-order chi connectivity index (χ0) is 17.2. The van der Waals surface area contributed by atoms with Gasteiger partial charge in [-0.05, 0) is 18.6 Å². The van der Waals surface area contributed by atoms with Gasteiger partial charge in [-0.1, -0.05) is 31.1 Å². The molecule has 1 fully saturated rings. The highest BCUT2D eigenvalue weighted by atomic mass is 32.1. The fourth-order valence-electron chi connectivity index (χ4n) is 2.92. The van der Waals surface area contributed by atoms with Gasteiger partial charge in [-0.25, -0.2) is 4.98 Å². The van der Waals surface area contributed by atoms with Crippen LogP contribution in [-0.4, -0.2) is 37.0 Å². The fraction of sp³-hybridized carbons (Fsp3) is 0.562. The largest absolute Gasteiger partial charge is 0.573 e. The number of hydrogen-bond donors (Lipinski definition) is 1. The molecule has 2 heterocycles. The van der Waals surface area contributed by atoms with Crippen LogP contribution in [0.15, 0.2) is 18.2 Å². The van der Waals surface area contributed by atoms with Gasteiger partial charge in [0.2, 0.25) is 0 Å². The van der Waals surface area contributed by atoms with Crippen LogP contribution in [-0.2, 0) is 0 Å². The molecule has 3 rings (SSSR count). The molecule has 0 radical (unpaired) electrons. The van der Waals surface area contributed by atoms with E-state index in [2.05, 4.69) is 26.9 Å². The summed E-state index contributed by atoms with van der Waals surface area (Å²) in [7, 11) is 0. The molecule has 24 heavy (non-hydrogen) atoms. The van der Waals surface area contributed by atoms with Crippen LogP contribution in [0.2, 0.25) is 0 Å². The van der Waals surface area contributed by atoms with Gasteiger partial charge in [-0.15, -0.1) is 13.2 Å². The Morgan fingerprint density at radius 1 is 1.42 bits per heavy atom. The molecule has 2 aromatic rings. The van der Waals surface area contributed by atoms with Crippen LogP contribution in [0, 0.1) is 0 Å². The number of piperazine rings is 1. The van der Waals surface area contributed by atoms with Crippen LogP contribution in [0.1, 0.15) is 26.2 Å². The second-order valence-electron chi connectivity index (χ2n) is 5.87. The van der Waals surface area contributed by atoms with Crippen LogP contribution in [0.3, 0.4) is 0 Å². The second kappa shape index (κ2) is 7.14. The number of hydrogen-bond acceptors (Lipinski definition) is 5. The Hall–Kier alpha value is -1.54. The predicted molar refractivity (Wildman–Crippen MR) is 89.8 cm³/mol. The van der Waals surface area contributed by atoms with Gasteiger partial charge < -0.3 is 15.0 Å². The normalized spacial score (nSPS) is 19.0. The van der Waals surface area contributed by atoms with Gasteiger partial charge in [0.25, 0.3) is 0 Å². The van der Waals surface area contributed by atoms with E-state index < -0.39 is 6.36 Å². The molecule has 0 amide bonds. The summed E-state index contributed by atoms with van der Waals surface area (Å²) in [5, 5.41) is 4.27. The maximum atomic E-state index is 12.4. The molecular formula is C16H20F3N3OS. The average molecular weight is 359 g/mol. The van der Waals surface area contributed by atoms with Crippen LogP contribution < -0.4 is 15.0 Å². The van der Waals surface area contributed by atoms with E-state index in [0.717, 1.165) is 44.0 Å². The first kappa shape index (κ1) is 17.3. The summed E-state index contributed by atoms with van der Waals surface area (Å²) >= 11 is 1.42. The summed E-state index contributed by atoms with van der Waals surface area (Å²) in [5.74, 6) is -0.201. The minimum Gasteiger partial charge on any atom is -0.406 e. The first-order valence-electron chi connectivity index (χ1n) is 8.10. The number of thiazole rings is 1. The summed E-state index contributed by atoms with van der Waals surface area (Å²) in [6, 6.07) is 4.68. The Balaban J connectivity index is 1.83. The lowest BCUT2D eigenvalue weighted by molar-refractivity contribution is -0.274. The summed E-state index contributed by atoms with van der Waals surface area (Å²) in [5.41, 5.74) is 0.706. The number of benzene rings is 1. The lowest BCUT2D eigenvalue weighted by Gasteiger charge is -2.36. The first-order chi connectivity index (χ1) is 11.5. The second-order valence-corrected chi connectivity index (χ2v) is 6.88. The number of alkyl halides is 3. The van der Waals surface area contributed by atoms with Crippen molar-refractivity contribution >= 4 is 26.7 Å². The number of anilines is 1. The van der Waals surface area contributed by atoms with Crippen molar-refractivity contribution in [2.24, 2.45) is 0 Å². The van der Waals surface area contributed by atoms with Gasteiger partial charge in [-0.3, -0.25) is 0 Å². The minimum atomic E-state index is -4.68. The van der Waals surface area contributed by atoms with Gasteiger partial charge in [0.05, 0.1) is 10.2 Å². The molecule has 4 nitrogen and oxygen atoms in total. The zero-order valence-corrected chi connectivity index (χ0v) is 14.2. The van der Waals surface area contributed by atoms with Gasteiger partial charge in [0.1, 0.15) is 5.75 Å². The molecular weight excluding hydrogens is 339 g/mol. The van der Waals surface area contributed by atoms with E-state index in [1.165, 1.54) is 23.5 Å². The first-order valence-corrected chi connectivity index (χ1v) is 8.91. The number of ether oxygens (including phenoxy) is 1. The van der Waals surface area contributed by atoms with E-state index in [0.29, 0.717) is 16.3 Å². The minimum absolute atomic E-state index is 0.201. The third-order valence-corrected chi connectivity index (χ3v) is 5.12. The van der Waals surface area contributed by atoms with Crippen LogP contribution in [0.4, 0.5) is 18.3 Å². The van der Waals surface area contributed by atoms with E-state index in [-0.39, 0.29) is 5.75 Å². The molecule has 1 aromatic heterocycles. The maximum absolute atomic E-state index is 12.4. The highest BCUT2D eigenvalue weighted by Gasteiger charge is 2.31. The highest BCUT2D eigenvalue weighted by Crippen LogP contribution is 2.34. The van der Waals surface area contributed by atoms with Crippen molar-refractivity contribution in [3.05, 3.63) is 18.2 Å². The number of unbranched alkanes of at least 4 members (excludes halogenated alkanes) is 1. The van der Waals surface area contributed by atoms with Gasteiger partial charge >= 0.3 is 6.36 Å². The molecule has 0 spiro atoms. The third-order valence-electron chi connectivity index (χ3n) is 4.07. The molecule has 1 saturated heterocycles. The standard InChI is InChI=1S/C16H20F3N3OS/c1-2-3-4-11-10-20-7-8-22(11)15-21-13-6-5-12(9-14(13)24-15)23-16(17,18)19/h5-6,9,11,20H,2-4,7-8,10H2,1H3. The van der Waals surface area contributed by atoms with Crippen LogP contribution in [0.25, 0.3) is 10.2 Å². The number of nitrogens with one attached hydrogen (secondary N) is 1. The maximum Gasteiger partial charge on any atom is 0.573 e. The molecule has 1 unspecified atom stereocenters. The summed E-state index contributed by atoms with van der Waals surface area (Å²) in [4.78, 5) is 6.89. The third kappa shape index (κ3) is 4.10. The van der Waals surface area contributed by atoms with Crippen LogP contribution >= 0.6 is 11.3 Å². The quantitative estimate of drug-likeness (QED) is 0.870. The smallest absolute Gasteiger partial charge is 0.406 e. The van der Waals surface area contributed by atoms with E-state index in [1.54, 1.807) is 6.07 Å². The van der Waals surface area contributed by atoms with E-state index in [4.69, 9.17) is 0 Å². The summed E-state index contributed by atoms with van der Waals surface area (Å²) in [6.07, 6.45) is -1.30. The molecule has 0 bridgehead atoms. The van der Waals surface area contributed by atoms with Crippen molar-refractivity contribution in [1.82, 2.24) is 10.3 Å². The number of nitrogens with zero attached hydrogens (tertiary/aromatic N) is 2. The lowest BCUT2D eigenvalue weighted by atomic mass is 10.1. The van der Waals surface area contributed by atoms with Crippen LogP contribution in [0.5, 0.6) is 5.75 Å². The molecule has 132 valence electrons. The van der Waals surface area contributed by atoms with Gasteiger partial charge in [0.15, 0.2) is 5.13 Å². The molecule has 1 aliphatic heterocycles. The van der Waals surface area contributed by atoms with Crippen molar-refractivity contribution in [2.75, 3.05) is 24.5 Å². The topological polar surface area (TPSA) is 37.4 Å². The van der Waals surface area contributed by atoms with Crippen molar-refractivity contribution in [3.8, 4) is 5.75 Å². The number of aromatic nitrogens is 1. The van der Waals surface area contributed by atoms with Crippen molar-refractivity contribution in [2.45, 2.75) is 38.6 Å². The molecule has 0 aliphatic carbocycles. The number of fused-ring (bicyclic) bond motifs is 1. The SMILES string of the molecule is CCCCC1CNCCN1c1nc2ccc(OC(F)(F)F)cc2s1. The lowest BCUT2D eigenvalue weighted by Crippen LogP contribution is -2.51. The summed E-state index contributed by atoms with van der Waals surface area (Å²) < 4.78 is 41.8. The van der Waals surface area contributed by atoms with Crippen molar-refractivity contribution < 1.29 is 17.9 Å². The molecule has 1 N–H and O–H groups in total. The number of rotatable bonds is 5. The molecule has 0 saturated carbocycles. The van der Waals surface area contributed by atoms with E-state index >= 15 is 0 Å². The molecule has 1 aromatic carbocycles. The summed E-state index contributed by atoms with van der Waals surface area (Å²) in [6.45, 7) is 4.83. The monoisotopic (exact) mass is 359 g/mol. The molecule has 1 atom stereocenters. The Morgan fingerprint density at radius 2 is 2.25 bits per heavy atom. The molecule has 8 heteroatoms.